The quantitative estimate of drug-likeness (QED) is 0.468. The van der Waals surface area contributed by atoms with Crippen LogP contribution < -0.4 is 20.5 Å². The van der Waals surface area contributed by atoms with Crippen molar-refractivity contribution in [3.05, 3.63) is 70.5 Å². The summed E-state index contributed by atoms with van der Waals surface area (Å²) in [6.45, 7) is 4.28. The molecule has 9 nitrogen and oxygen atoms in total. The van der Waals surface area contributed by atoms with Crippen LogP contribution in [0.1, 0.15) is 15.9 Å². The number of carbonyl (C=O) groups excluding carboxylic acids is 1. The number of rotatable bonds is 5. The molecule has 0 aliphatic carbocycles. The number of aromatic amines is 1. The van der Waals surface area contributed by atoms with E-state index in [1.54, 1.807) is 30.9 Å². The Morgan fingerprint density at radius 1 is 1.18 bits per heavy atom. The number of pyridine rings is 2. The Balaban J connectivity index is 1.56. The van der Waals surface area contributed by atoms with E-state index in [1.165, 1.54) is 13.2 Å². The Kier molecular flexibility index (Phi) is 5.77. The Bertz CT molecular complexity index is 1410. The third-order valence-electron chi connectivity index (χ3n) is 5.89. The summed E-state index contributed by atoms with van der Waals surface area (Å²) in [5.74, 6) is 0.710. The number of aromatic nitrogens is 2. The first kappa shape index (κ1) is 21.7. The summed E-state index contributed by atoms with van der Waals surface area (Å²) in [7, 11) is 1.52. The first-order chi connectivity index (χ1) is 16.5. The number of nitrogens with zero attached hydrogens (tertiary/aromatic N) is 2. The molecule has 1 aromatic carbocycles. The van der Waals surface area contributed by atoms with Gasteiger partial charge in [-0.15, -0.1) is 0 Å². The molecule has 3 aromatic heterocycles. The third-order valence-corrected chi connectivity index (χ3v) is 5.89. The lowest BCUT2D eigenvalue weighted by molar-refractivity contribution is 0.102. The van der Waals surface area contributed by atoms with Gasteiger partial charge in [0, 0.05) is 47.9 Å². The molecule has 4 aromatic rings. The van der Waals surface area contributed by atoms with E-state index in [9.17, 15) is 9.59 Å². The molecule has 0 spiro atoms. The molecule has 0 bridgehead atoms. The predicted molar refractivity (Wildman–Crippen MR) is 129 cm³/mol. The van der Waals surface area contributed by atoms with E-state index in [1.807, 2.05) is 24.0 Å². The first-order valence-electron chi connectivity index (χ1n) is 10.9. The Morgan fingerprint density at radius 3 is 2.74 bits per heavy atom. The zero-order valence-electron chi connectivity index (χ0n) is 18.9. The van der Waals surface area contributed by atoms with Crippen LogP contribution in [0.15, 0.2) is 58.3 Å². The summed E-state index contributed by atoms with van der Waals surface area (Å²) in [5, 5.41) is 3.80. The molecule has 0 radical (unpaired) electrons. The standard InChI is InChI=1S/C25H24N4O5/c1-15-9-23(30)27-20-12-22(32-2)21(11-18(15)20)28-25(31)19-10-17(16-3-6-34-14-16)13-26-24(19)29-4-7-33-8-5-29/h3,6,9-14H,4-5,7-8H2,1-2H3,(H,27,30)(H,28,31). The van der Waals surface area contributed by atoms with Gasteiger partial charge in [-0.1, -0.05) is 0 Å². The smallest absolute Gasteiger partial charge is 0.259 e. The SMILES string of the molecule is COc1cc2[nH]c(=O)cc(C)c2cc1NC(=O)c1cc(-c2ccoc2)cnc1N1CCOCC1. The number of aryl methyl sites for hydroxylation is 1. The van der Waals surface area contributed by atoms with Gasteiger partial charge in [-0.2, -0.15) is 0 Å². The van der Waals surface area contributed by atoms with Gasteiger partial charge in [0.25, 0.3) is 5.91 Å². The number of hydrogen-bond acceptors (Lipinski definition) is 7. The molecule has 174 valence electrons. The highest BCUT2D eigenvalue weighted by atomic mass is 16.5. The lowest BCUT2D eigenvalue weighted by Gasteiger charge is -2.29. The summed E-state index contributed by atoms with van der Waals surface area (Å²) >= 11 is 0. The number of ether oxygens (including phenoxy) is 2. The fraction of sp³-hybridized carbons (Fsp3) is 0.240. The summed E-state index contributed by atoms with van der Waals surface area (Å²) in [6, 6.07) is 8.67. The minimum atomic E-state index is -0.320. The fourth-order valence-electron chi connectivity index (χ4n) is 4.15. The van der Waals surface area contributed by atoms with Crippen LogP contribution in [0.3, 0.4) is 0 Å². The molecule has 1 aliphatic heterocycles. The van der Waals surface area contributed by atoms with Crippen molar-refractivity contribution in [3.63, 3.8) is 0 Å². The summed E-state index contributed by atoms with van der Waals surface area (Å²) in [6.07, 6.45) is 4.93. The van der Waals surface area contributed by atoms with E-state index < -0.39 is 0 Å². The monoisotopic (exact) mass is 460 g/mol. The molecule has 1 aliphatic rings. The number of furan rings is 1. The number of nitrogens with one attached hydrogen (secondary N) is 2. The predicted octanol–water partition coefficient (Wildman–Crippen LogP) is 3.59. The maximum absolute atomic E-state index is 13.6. The van der Waals surface area contributed by atoms with Crippen LogP contribution in [0.5, 0.6) is 5.75 Å². The van der Waals surface area contributed by atoms with Gasteiger partial charge in [0.05, 0.1) is 49.6 Å². The van der Waals surface area contributed by atoms with Gasteiger partial charge in [-0.05, 0) is 30.7 Å². The maximum atomic E-state index is 13.6. The van der Waals surface area contributed by atoms with Crippen molar-refractivity contribution in [2.75, 3.05) is 43.6 Å². The number of H-pyrrole nitrogens is 1. The average molecular weight is 460 g/mol. The van der Waals surface area contributed by atoms with Gasteiger partial charge in [-0.3, -0.25) is 9.59 Å². The van der Waals surface area contributed by atoms with E-state index in [-0.39, 0.29) is 11.5 Å². The number of anilines is 2. The Hall–Kier alpha value is -4.11. The minimum absolute atomic E-state index is 0.193. The second-order valence-corrected chi connectivity index (χ2v) is 8.08. The van der Waals surface area contributed by atoms with Crippen molar-refractivity contribution >= 4 is 28.3 Å². The molecule has 0 atom stereocenters. The highest BCUT2D eigenvalue weighted by molar-refractivity contribution is 6.09. The van der Waals surface area contributed by atoms with Crippen LogP contribution in [0, 0.1) is 6.92 Å². The van der Waals surface area contributed by atoms with Crippen LogP contribution >= 0.6 is 0 Å². The lowest BCUT2D eigenvalue weighted by Crippen LogP contribution is -2.38. The molecular formula is C25H24N4O5. The van der Waals surface area contributed by atoms with E-state index in [2.05, 4.69) is 15.3 Å². The number of methoxy groups -OCH3 is 1. The zero-order valence-corrected chi connectivity index (χ0v) is 18.9. The number of amides is 1. The van der Waals surface area contributed by atoms with E-state index in [4.69, 9.17) is 13.9 Å². The summed E-state index contributed by atoms with van der Waals surface area (Å²) in [4.78, 5) is 35.0. The number of hydrogen-bond donors (Lipinski definition) is 2. The molecule has 1 amide bonds. The highest BCUT2D eigenvalue weighted by Gasteiger charge is 2.23. The average Bonchev–Trinajstić information content (AvgIpc) is 3.39. The third kappa shape index (κ3) is 4.13. The topological polar surface area (TPSA) is 110 Å². The van der Waals surface area contributed by atoms with Crippen molar-refractivity contribution in [1.29, 1.82) is 0 Å². The van der Waals surface area contributed by atoms with Crippen molar-refractivity contribution in [2.45, 2.75) is 6.92 Å². The maximum Gasteiger partial charge on any atom is 0.259 e. The fourth-order valence-corrected chi connectivity index (χ4v) is 4.15. The first-order valence-corrected chi connectivity index (χ1v) is 10.9. The molecule has 1 fully saturated rings. The van der Waals surface area contributed by atoms with E-state index in [0.717, 1.165) is 22.1 Å². The molecular weight excluding hydrogens is 436 g/mol. The van der Waals surface area contributed by atoms with Crippen LogP contribution in [0.2, 0.25) is 0 Å². The Morgan fingerprint density at radius 2 is 2.00 bits per heavy atom. The minimum Gasteiger partial charge on any atom is -0.494 e. The summed E-state index contributed by atoms with van der Waals surface area (Å²) in [5.41, 5.74) is 3.78. The number of morpholine rings is 1. The van der Waals surface area contributed by atoms with Gasteiger partial charge in [0.15, 0.2) is 0 Å². The Labute approximate surface area is 195 Å². The van der Waals surface area contributed by atoms with Crippen molar-refractivity contribution in [2.24, 2.45) is 0 Å². The van der Waals surface area contributed by atoms with Gasteiger partial charge < -0.3 is 29.1 Å². The number of benzene rings is 1. The van der Waals surface area contributed by atoms with Gasteiger partial charge >= 0.3 is 0 Å². The van der Waals surface area contributed by atoms with Gasteiger partial charge in [0.2, 0.25) is 5.56 Å². The van der Waals surface area contributed by atoms with Crippen LogP contribution in [0.25, 0.3) is 22.0 Å². The van der Waals surface area contributed by atoms with Gasteiger partial charge in [-0.25, -0.2) is 4.98 Å². The molecule has 34 heavy (non-hydrogen) atoms. The summed E-state index contributed by atoms with van der Waals surface area (Å²) < 4.78 is 16.2. The normalized spacial score (nSPS) is 13.8. The van der Waals surface area contributed by atoms with Crippen LogP contribution in [-0.4, -0.2) is 49.3 Å². The van der Waals surface area contributed by atoms with E-state index in [0.29, 0.717) is 54.6 Å². The molecule has 2 N–H and O–H groups in total. The van der Waals surface area contributed by atoms with Crippen LogP contribution in [0.4, 0.5) is 11.5 Å². The number of fused-ring (bicyclic) bond motifs is 1. The lowest BCUT2D eigenvalue weighted by atomic mass is 10.1. The van der Waals surface area contributed by atoms with E-state index >= 15 is 0 Å². The molecule has 9 heteroatoms. The van der Waals surface area contributed by atoms with Crippen LogP contribution in [-0.2, 0) is 4.74 Å². The highest BCUT2D eigenvalue weighted by Crippen LogP contribution is 2.32. The van der Waals surface area contributed by atoms with Crippen molar-refractivity contribution < 1.29 is 18.7 Å². The second kappa shape index (κ2) is 9.03. The largest absolute Gasteiger partial charge is 0.494 e. The molecule has 4 heterocycles. The molecule has 1 saturated heterocycles. The molecule has 0 saturated carbocycles. The zero-order chi connectivity index (χ0) is 23.7. The van der Waals surface area contributed by atoms with Crippen molar-refractivity contribution in [1.82, 2.24) is 9.97 Å². The molecule has 0 unspecified atom stereocenters. The van der Waals surface area contributed by atoms with Crippen molar-refractivity contribution in [3.8, 4) is 16.9 Å². The molecule has 5 rings (SSSR count). The van der Waals surface area contributed by atoms with Gasteiger partial charge in [0.1, 0.15) is 11.6 Å². The number of carbonyl (C=O) groups is 1. The second-order valence-electron chi connectivity index (χ2n) is 8.08.